The topological polar surface area (TPSA) is 89.0 Å². The normalized spacial score (nSPS) is 19.1. The Hall–Kier alpha value is -3.94. The summed E-state index contributed by atoms with van der Waals surface area (Å²) >= 11 is 0. The van der Waals surface area contributed by atoms with Crippen molar-refractivity contribution in [3.8, 4) is 17.0 Å². The van der Waals surface area contributed by atoms with Gasteiger partial charge >= 0.3 is 12.1 Å². The van der Waals surface area contributed by atoms with Gasteiger partial charge in [-0.2, -0.15) is 0 Å². The number of aliphatic carboxylic acids is 1. The largest absolute Gasteiger partial charge is 0.480 e. The molecular formula is C25H21FN2O5. The van der Waals surface area contributed by atoms with E-state index in [0.717, 1.165) is 27.2 Å². The van der Waals surface area contributed by atoms with Crippen LogP contribution in [0.2, 0.25) is 0 Å². The zero-order chi connectivity index (χ0) is 22.9. The summed E-state index contributed by atoms with van der Waals surface area (Å²) in [6.45, 7) is 0.0414. The quantitative estimate of drug-likeness (QED) is 0.633. The van der Waals surface area contributed by atoms with E-state index in [2.05, 4.69) is 4.98 Å². The fraction of sp³-hybridized carbons (Fsp3) is 0.240. The van der Waals surface area contributed by atoms with Crippen LogP contribution >= 0.6 is 0 Å². The highest BCUT2D eigenvalue weighted by atomic mass is 19.1. The molecule has 1 fully saturated rings. The molecule has 1 aliphatic carbocycles. The first-order valence-electron chi connectivity index (χ1n) is 10.6. The van der Waals surface area contributed by atoms with E-state index >= 15 is 0 Å². The maximum absolute atomic E-state index is 13.9. The smallest absolute Gasteiger partial charge is 0.410 e. The van der Waals surface area contributed by atoms with Crippen molar-refractivity contribution in [3.05, 3.63) is 83.8 Å². The number of ether oxygens (including phenoxy) is 2. The predicted octanol–water partition coefficient (Wildman–Crippen LogP) is 4.08. The van der Waals surface area contributed by atoms with E-state index in [9.17, 15) is 19.1 Å². The number of aromatic nitrogens is 1. The minimum atomic E-state index is -1.17. The summed E-state index contributed by atoms with van der Waals surface area (Å²) in [4.78, 5) is 29.6. The molecule has 1 amide bonds. The number of nitrogens with zero attached hydrogens (tertiary/aromatic N) is 2. The molecule has 2 aliphatic rings. The van der Waals surface area contributed by atoms with Gasteiger partial charge in [-0.25, -0.2) is 19.0 Å². The number of hydrogen-bond acceptors (Lipinski definition) is 5. The number of carbonyl (C=O) groups excluding carboxylic acids is 1. The summed E-state index contributed by atoms with van der Waals surface area (Å²) in [6, 6.07) is 17.4. The van der Waals surface area contributed by atoms with Crippen LogP contribution in [0.1, 0.15) is 23.5 Å². The highest BCUT2D eigenvalue weighted by Gasteiger charge is 2.42. The van der Waals surface area contributed by atoms with Crippen LogP contribution in [-0.2, 0) is 9.53 Å². The number of likely N-dealkylation sites (tertiary alicyclic amines) is 1. The molecule has 0 radical (unpaired) electrons. The molecule has 33 heavy (non-hydrogen) atoms. The average Bonchev–Trinajstić information content (AvgIpc) is 3.39. The lowest BCUT2D eigenvalue weighted by Crippen LogP contribution is -2.41. The van der Waals surface area contributed by atoms with Gasteiger partial charge in [-0.05, 0) is 34.4 Å². The molecule has 1 N–H and O–H groups in total. The summed E-state index contributed by atoms with van der Waals surface area (Å²) in [5, 5.41) is 9.62. The second-order valence-electron chi connectivity index (χ2n) is 8.08. The number of rotatable bonds is 5. The van der Waals surface area contributed by atoms with Crippen molar-refractivity contribution >= 4 is 12.1 Å². The molecular weight excluding hydrogens is 427 g/mol. The van der Waals surface area contributed by atoms with E-state index in [1.54, 1.807) is 0 Å². The monoisotopic (exact) mass is 448 g/mol. The summed E-state index contributed by atoms with van der Waals surface area (Å²) in [6.07, 6.45) is -0.0613. The molecule has 7 nitrogen and oxygen atoms in total. The molecule has 5 rings (SSSR count). The number of benzene rings is 2. The molecule has 3 aromatic rings. The Balaban J connectivity index is 1.30. The number of amides is 1. The minimum absolute atomic E-state index is 0.00947. The SMILES string of the molecule is O=C(O)[C@@H]1C[C@@H](Oc2ncccc2F)CN1C(=O)OCC1c2ccccc2-c2ccccc21. The Morgan fingerprint density at radius 1 is 1.03 bits per heavy atom. The Morgan fingerprint density at radius 2 is 1.70 bits per heavy atom. The van der Waals surface area contributed by atoms with Crippen LogP contribution < -0.4 is 4.74 Å². The fourth-order valence-corrected chi connectivity index (χ4v) is 4.61. The van der Waals surface area contributed by atoms with Crippen molar-refractivity contribution in [1.29, 1.82) is 0 Å². The molecule has 2 atom stereocenters. The van der Waals surface area contributed by atoms with Gasteiger partial charge in [0.1, 0.15) is 18.8 Å². The zero-order valence-electron chi connectivity index (χ0n) is 17.6. The van der Waals surface area contributed by atoms with Gasteiger partial charge in [-0.1, -0.05) is 48.5 Å². The van der Waals surface area contributed by atoms with Crippen molar-refractivity contribution in [2.45, 2.75) is 24.5 Å². The van der Waals surface area contributed by atoms with Gasteiger partial charge in [0.25, 0.3) is 5.88 Å². The van der Waals surface area contributed by atoms with Crippen LogP contribution in [0.3, 0.4) is 0 Å². The Kier molecular flexibility index (Phi) is 5.42. The lowest BCUT2D eigenvalue weighted by molar-refractivity contribution is -0.141. The van der Waals surface area contributed by atoms with Crippen molar-refractivity contribution in [1.82, 2.24) is 9.88 Å². The van der Waals surface area contributed by atoms with E-state index in [4.69, 9.17) is 9.47 Å². The third kappa shape index (κ3) is 3.88. The van der Waals surface area contributed by atoms with Crippen LogP contribution in [0.4, 0.5) is 9.18 Å². The maximum Gasteiger partial charge on any atom is 0.410 e. The lowest BCUT2D eigenvalue weighted by Gasteiger charge is -2.22. The van der Waals surface area contributed by atoms with Gasteiger partial charge in [-0.15, -0.1) is 0 Å². The molecule has 0 bridgehead atoms. The fourth-order valence-electron chi connectivity index (χ4n) is 4.61. The molecule has 0 saturated carbocycles. The number of carboxylic acid groups (broad SMARTS) is 1. The minimum Gasteiger partial charge on any atom is -0.480 e. The van der Waals surface area contributed by atoms with Crippen molar-refractivity contribution < 1.29 is 28.6 Å². The van der Waals surface area contributed by atoms with Crippen LogP contribution in [0.5, 0.6) is 5.88 Å². The van der Waals surface area contributed by atoms with Crippen molar-refractivity contribution in [2.24, 2.45) is 0 Å². The van der Waals surface area contributed by atoms with E-state index in [1.807, 2.05) is 48.5 Å². The molecule has 1 saturated heterocycles. The molecule has 1 aromatic heterocycles. The summed E-state index contributed by atoms with van der Waals surface area (Å²) < 4.78 is 25.0. The van der Waals surface area contributed by atoms with Gasteiger partial charge in [-0.3, -0.25) is 4.90 Å². The van der Waals surface area contributed by atoms with Gasteiger partial charge in [0, 0.05) is 18.5 Å². The molecule has 8 heteroatoms. The second kappa shape index (κ2) is 8.54. The van der Waals surface area contributed by atoms with E-state index < -0.39 is 30.0 Å². The first-order valence-corrected chi connectivity index (χ1v) is 10.6. The third-order valence-corrected chi connectivity index (χ3v) is 6.12. The van der Waals surface area contributed by atoms with Gasteiger partial charge < -0.3 is 14.6 Å². The van der Waals surface area contributed by atoms with Gasteiger partial charge in [0.15, 0.2) is 5.82 Å². The number of carbonyl (C=O) groups is 2. The van der Waals surface area contributed by atoms with Gasteiger partial charge in [0.2, 0.25) is 0 Å². The number of halogens is 1. The summed E-state index contributed by atoms with van der Waals surface area (Å²) in [5.41, 5.74) is 4.33. The van der Waals surface area contributed by atoms with Crippen LogP contribution in [0.15, 0.2) is 66.9 Å². The maximum atomic E-state index is 13.9. The third-order valence-electron chi connectivity index (χ3n) is 6.12. The van der Waals surface area contributed by atoms with E-state index in [-0.39, 0.29) is 31.4 Å². The van der Waals surface area contributed by atoms with Crippen LogP contribution in [0.25, 0.3) is 11.1 Å². The number of hydrogen-bond donors (Lipinski definition) is 1. The lowest BCUT2D eigenvalue weighted by atomic mass is 9.98. The zero-order valence-corrected chi connectivity index (χ0v) is 17.6. The summed E-state index contributed by atoms with van der Waals surface area (Å²) in [7, 11) is 0. The van der Waals surface area contributed by atoms with Crippen molar-refractivity contribution in [2.75, 3.05) is 13.2 Å². The Labute approximate surface area is 189 Å². The molecule has 168 valence electrons. The predicted molar refractivity (Wildman–Crippen MR) is 116 cm³/mol. The Morgan fingerprint density at radius 3 is 2.33 bits per heavy atom. The standard InChI is InChI=1S/C25H21FN2O5/c26-21-10-5-11-27-23(21)33-15-12-22(24(29)30)28(13-15)25(31)32-14-20-18-8-3-1-6-16(18)17-7-2-4-9-19(17)20/h1-11,15,20,22H,12-14H2,(H,29,30)/t15-,22+/m1/s1. The summed E-state index contributed by atoms with van der Waals surface area (Å²) in [5.74, 6) is -2.18. The Bertz CT molecular complexity index is 1170. The van der Waals surface area contributed by atoms with E-state index in [1.165, 1.54) is 18.3 Å². The van der Waals surface area contributed by atoms with Crippen LogP contribution in [-0.4, -0.2) is 52.4 Å². The van der Waals surface area contributed by atoms with Crippen LogP contribution in [0, 0.1) is 5.82 Å². The van der Waals surface area contributed by atoms with E-state index in [0.29, 0.717) is 0 Å². The molecule has 0 spiro atoms. The molecule has 0 unspecified atom stereocenters. The highest BCUT2D eigenvalue weighted by molar-refractivity contribution is 5.81. The molecule has 2 heterocycles. The second-order valence-corrected chi connectivity index (χ2v) is 8.08. The molecule has 1 aliphatic heterocycles. The number of carboxylic acids is 1. The highest BCUT2D eigenvalue weighted by Crippen LogP contribution is 2.44. The first-order chi connectivity index (χ1) is 16.0. The number of fused-ring (bicyclic) bond motifs is 3. The van der Waals surface area contributed by atoms with Gasteiger partial charge in [0.05, 0.1) is 6.54 Å². The average molecular weight is 448 g/mol. The first kappa shape index (κ1) is 20.9. The van der Waals surface area contributed by atoms with Crippen molar-refractivity contribution in [3.63, 3.8) is 0 Å². The number of pyridine rings is 1. The molecule has 2 aromatic carbocycles.